The van der Waals surface area contributed by atoms with Crippen LogP contribution >= 0.6 is 11.6 Å². The van der Waals surface area contributed by atoms with Gasteiger partial charge in [0.05, 0.1) is 0 Å². The molecule has 0 N–H and O–H groups in total. The van der Waals surface area contributed by atoms with Crippen molar-refractivity contribution in [3.05, 3.63) is 5.28 Å². The summed E-state index contributed by atoms with van der Waals surface area (Å²) in [5.41, 5.74) is 0. The SMILES string of the molecule is CC1CN(c2nc(Cl)nc(N3CCCC3)n2)CC(C)N1C. The fraction of sp³-hybridized carbons (Fsp3) is 0.786. The first-order valence-electron chi connectivity index (χ1n) is 7.68. The second kappa shape index (κ2) is 5.93. The smallest absolute Gasteiger partial charge is 0.231 e. The third kappa shape index (κ3) is 3.06. The Morgan fingerprint density at radius 2 is 1.43 bits per heavy atom. The summed E-state index contributed by atoms with van der Waals surface area (Å²) in [5.74, 6) is 1.44. The Morgan fingerprint density at radius 1 is 0.905 bits per heavy atom. The molecule has 2 unspecified atom stereocenters. The lowest BCUT2D eigenvalue weighted by Crippen LogP contribution is -2.55. The Morgan fingerprint density at radius 3 is 2.00 bits per heavy atom. The third-order valence-corrected chi connectivity index (χ3v) is 4.79. The number of likely N-dealkylation sites (N-methyl/N-ethyl adjacent to an activating group) is 1. The average molecular weight is 311 g/mol. The number of aromatic nitrogens is 3. The summed E-state index contributed by atoms with van der Waals surface area (Å²) >= 11 is 6.12. The summed E-state index contributed by atoms with van der Waals surface area (Å²) in [7, 11) is 2.17. The minimum atomic E-state index is 0.293. The maximum Gasteiger partial charge on any atom is 0.231 e. The van der Waals surface area contributed by atoms with Crippen LogP contribution in [0.1, 0.15) is 26.7 Å². The Bertz CT molecular complexity index is 492. The molecule has 0 aliphatic carbocycles. The first-order valence-corrected chi connectivity index (χ1v) is 8.06. The van der Waals surface area contributed by atoms with Crippen molar-refractivity contribution in [1.29, 1.82) is 0 Å². The zero-order chi connectivity index (χ0) is 15.0. The van der Waals surface area contributed by atoms with Gasteiger partial charge in [-0.25, -0.2) is 0 Å². The largest absolute Gasteiger partial charge is 0.341 e. The molecule has 1 aromatic heterocycles. The van der Waals surface area contributed by atoms with E-state index in [2.05, 4.69) is 50.5 Å². The number of halogens is 1. The van der Waals surface area contributed by atoms with Crippen molar-refractivity contribution >= 4 is 23.5 Å². The van der Waals surface area contributed by atoms with E-state index in [1.807, 2.05) is 0 Å². The lowest BCUT2D eigenvalue weighted by molar-refractivity contribution is 0.169. The predicted molar refractivity (Wildman–Crippen MR) is 85.2 cm³/mol. The maximum atomic E-state index is 6.12. The molecule has 0 amide bonds. The molecule has 2 fully saturated rings. The van der Waals surface area contributed by atoms with E-state index in [9.17, 15) is 0 Å². The molecule has 3 heterocycles. The number of piperazine rings is 1. The first kappa shape index (κ1) is 14.8. The Hall–Kier alpha value is -1.14. The second-order valence-corrected chi connectivity index (χ2v) is 6.51. The second-order valence-electron chi connectivity index (χ2n) is 6.17. The van der Waals surface area contributed by atoms with Crippen LogP contribution < -0.4 is 9.80 Å². The number of nitrogens with zero attached hydrogens (tertiary/aromatic N) is 6. The van der Waals surface area contributed by atoms with Crippen LogP contribution in [-0.2, 0) is 0 Å². The quantitative estimate of drug-likeness (QED) is 0.828. The molecule has 0 bridgehead atoms. The van der Waals surface area contributed by atoms with Crippen LogP contribution in [0, 0.1) is 0 Å². The van der Waals surface area contributed by atoms with Crippen LogP contribution in [-0.4, -0.2) is 65.2 Å². The molecule has 6 nitrogen and oxygen atoms in total. The van der Waals surface area contributed by atoms with Crippen LogP contribution in [0.4, 0.5) is 11.9 Å². The molecule has 1 aromatic rings. The predicted octanol–water partition coefficient (Wildman–Crippen LogP) is 1.65. The van der Waals surface area contributed by atoms with Crippen LogP contribution in [0.15, 0.2) is 0 Å². The molecule has 0 spiro atoms. The normalized spacial score (nSPS) is 27.4. The molecule has 2 saturated heterocycles. The molecule has 0 radical (unpaired) electrons. The summed E-state index contributed by atoms with van der Waals surface area (Å²) in [6.07, 6.45) is 2.39. The summed E-state index contributed by atoms with van der Waals surface area (Å²) in [5, 5.41) is 0.293. The van der Waals surface area contributed by atoms with Crippen molar-refractivity contribution in [2.75, 3.05) is 43.0 Å². The van der Waals surface area contributed by atoms with E-state index < -0.39 is 0 Å². The molecule has 0 saturated carbocycles. The number of rotatable bonds is 2. The van der Waals surface area contributed by atoms with Gasteiger partial charge in [0, 0.05) is 38.3 Å². The van der Waals surface area contributed by atoms with Gasteiger partial charge in [-0.3, -0.25) is 4.90 Å². The fourth-order valence-corrected chi connectivity index (χ4v) is 3.25. The number of hydrogen-bond donors (Lipinski definition) is 0. The first-order chi connectivity index (χ1) is 10.0. The van der Waals surface area contributed by atoms with Gasteiger partial charge in [-0.2, -0.15) is 15.0 Å². The summed E-state index contributed by atoms with van der Waals surface area (Å²) in [6.45, 7) is 8.31. The van der Waals surface area contributed by atoms with Gasteiger partial charge in [0.25, 0.3) is 0 Å². The van der Waals surface area contributed by atoms with E-state index in [1.54, 1.807) is 0 Å². The van der Waals surface area contributed by atoms with Crippen LogP contribution in [0.3, 0.4) is 0 Å². The van der Waals surface area contributed by atoms with Crippen LogP contribution in [0.25, 0.3) is 0 Å². The van der Waals surface area contributed by atoms with E-state index in [1.165, 1.54) is 12.8 Å². The Balaban J connectivity index is 1.84. The van der Waals surface area contributed by atoms with E-state index in [4.69, 9.17) is 11.6 Å². The van der Waals surface area contributed by atoms with Crippen molar-refractivity contribution in [3.63, 3.8) is 0 Å². The highest BCUT2D eigenvalue weighted by Gasteiger charge is 2.29. The van der Waals surface area contributed by atoms with Crippen molar-refractivity contribution < 1.29 is 0 Å². The van der Waals surface area contributed by atoms with Gasteiger partial charge in [0.1, 0.15) is 0 Å². The number of anilines is 2. The van der Waals surface area contributed by atoms with Gasteiger partial charge in [-0.15, -0.1) is 0 Å². The molecule has 2 atom stereocenters. The van der Waals surface area contributed by atoms with Gasteiger partial charge in [0.15, 0.2) is 0 Å². The summed E-state index contributed by atoms with van der Waals surface area (Å²) in [4.78, 5) is 20.1. The Kier molecular flexibility index (Phi) is 4.17. The molecule has 116 valence electrons. The van der Waals surface area contributed by atoms with Crippen LogP contribution in [0.5, 0.6) is 0 Å². The summed E-state index contributed by atoms with van der Waals surface area (Å²) < 4.78 is 0. The molecular weight excluding hydrogens is 288 g/mol. The maximum absolute atomic E-state index is 6.12. The van der Waals surface area contributed by atoms with Gasteiger partial charge in [0.2, 0.25) is 17.2 Å². The standard InChI is InChI=1S/C14H23ClN6/c1-10-8-21(9-11(2)19(10)3)14-17-12(15)16-13(18-14)20-6-4-5-7-20/h10-11H,4-9H2,1-3H3. The van der Waals surface area contributed by atoms with E-state index in [-0.39, 0.29) is 0 Å². The average Bonchev–Trinajstić information content (AvgIpc) is 2.97. The molecule has 3 rings (SSSR count). The highest BCUT2D eigenvalue weighted by atomic mass is 35.5. The van der Waals surface area contributed by atoms with Crippen molar-refractivity contribution in [2.45, 2.75) is 38.8 Å². The highest BCUT2D eigenvalue weighted by molar-refractivity contribution is 6.28. The summed E-state index contributed by atoms with van der Waals surface area (Å²) in [6, 6.07) is 0.944. The van der Waals surface area contributed by atoms with Gasteiger partial charge < -0.3 is 9.80 Å². The lowest BCUT2D eigenvalue weighted by Gasteiger charge is -2.42. The van der Waals surface area contributed by atoms with E-state index in [0.29, 0.717) is 23.3 Å². The molecule has 0 aromatic carbocycles. The topological polar surface area (TPSA) is 48.4 Å². The third-order valence-electron chi connectivity index (χ3n) is 4.62. The molecule has 2 aliphatic heterocycles. The minimum Gasteiger partial charge on any atom is -0.341 e. The van der Waals surface area contributed by atoms with Crippen molar-refractivity contribution in [3.8, 4) is 0 Å². The van der Waals surface area contributed by atoms with Crippen molar-refractivity contribution in [1.82, 2.24) is 19.9 Å². The monoisotopic (exact) mass is 310 g/mol. The highest BCUT2D eigenvalue weighted by Crippen LogP contribution is 2.23. The van der Waals surface area contributed by atoms with Crippen molar-refractivity contribution in [2.24, 2.45) is 0 Å². The van der Waals surface area contributed by atoms with Gasteiger partial charge in [-0.05, 0) is 45.3 Å². The zero-order valence-electron chi connectivity index (χ0n) is 13.0. The van der Waals surface area contributed by atoms with E-state index in [0.717, 1.165) is 32.1 Å². The molecule has 2 aliphatic rings. The lowest BCUT2D eigenvalue weighted by atomic mass is 10.1. The Labute approximate surface area is 131 Å². The van der Waals surface area contributed by atoms with E-state index >= 15 is 0 Å². The zero-order valence-corrected chi connectivity index (χ0v) is 13.7. The molecule has 21 heavy (non-hydrogen) atoms. The molecular formula is C14H23ClN6. The van der Waals surface area contributed by atoms with Gasteiger partial charge in [-0.1, -0.05) is 0 Å². The number of hydrogen-bond acceptors (Lipinski definition) is 6. The van der Waals surface area contributed by atoms with Gasteiger partial charge >= 0.3 is 0 Å². The molecule has 7 heteroatoms. The van der Waals surface area contributed by atoms with Crippen LogP contribution in [0.2, 0.25) is 5.28 Å². The minimum absolute atomic E-state index is 0.293. The fourth-order valence-electron chi connectivity index (χ4n) is 3.10.